The molecule has 1 aromatic carbocycles. The molecule has 0 radical (unpaired) electrons. The summed E-state index contributed by atoms with van der Waals surface area (Å²) in [5.41, 5.74) is 2.44. The van der Waals surface area contributed by atoms with Crippen molar-refractivity contribution >= 4 is 40.6 Å². The van der Waals surface area contributed by atoms with Gasteiger partial charge in [0.25, 0.3) is 5.91 Å². The van der Waals surface area contributed by atoms with Crippen molar-refractivity contribution in [3.63, 3.8) is 0 Å². The standard InChI is InChI=1S/C18H21ClN2OS2/c1-3-21(4-2)8-7-20-18(22)16-9-12-11-23-15-10-13(19)5-6-14(15)17(12)24-16/h5-6,9-10H,3-4,7-8,11H2,1-2H3,(H,20,22). The molecule has 6 heteroatoms. The average molecular weight is 381 g/mol. The molecule has 0 atom stereocenters. The Morgan fingerprint density at radius 3 is 2.83 bits per heavy atom. The van der Waals surface area contributed by atoms with E-state index >= 15 is 0 Å². The number of nitrogens with zero attached hydrogens (tertiary/aromatic N) is 1. The van der Waals surface area contributed by atoms with Crippen molar-refractivity contribution in [2.75, 3.05) is 26.2 Å². The van der Waals surface area contributed by atoms with Crippen LogP contribution in [0.3, 0.4) is 0 Å². The number of thiophene rings is 1. The summed E-state index contributed by atoms with van der Waals surface area (Å²) in [6, 6.07) is 8.02. The first-order valence-electron chi connectivity index (χ1n) is 8.18. The number of thioether (sulfide) groups is 1. The molecule has 128 valence electrons. The molecule has 0 spiro atoms. The highest BCUT2D eigenvalue weighted by atomic mass is 35.5. The van der Waals surface area contributed by atoms with Gasteiger partial charge in [0, 0.05) is 39.2 Å². The fourth-order valence-electron chi connectivity index (χ4n) is 2.79. The molecular formula is C18H21ClN2OS2. The Morgan fingerprint density at radius 2 is 2.08 bits per heavy atom. The largest absolute Gasteiger partial charge is 0.350 e. The van der Waals surface area contributed by atoms with Crippen molar-refractivity contribution in [3.05, 3.63) is 39.7 Å². The zero-order valence-corrected chi connectivity index (χ0v) is 16.3. The minimum Gasteiger partial charge on any atom is -0.350 e. The Kier molecular flexibility index (Phi) is 5.87. The number of hydrogen-bond donors (Lipinski definition) is 1. The van der Waals surface area contributed by atoms with Crippen LogP contribution in [0.5, 0.6) is 0 Å². The Morgan fingerprint density at radius 1 is 1.29 bits per heavy atom. The quantitative estimate of drug-likeness (QED) is 0.785. The molecule has 0 bridgehead atoms. The first-order chi connectivity index (χ1) is 11.6. The molecule has 1 aliphatic heterocycles. The van der Waals surface area contributed by atoms with Crippen LogP contribution in [-0.4, -0.2) is 37.0 Å². The molecular weight excluding hydrogens is 360 g/mol. The summed E-state index contributed by atoms with van der Waals surface area (Å²) in [6.07, 6.45) is 0. The van der Waals surface area contributed by atoms with Crippen LogP contribution in [0.2, 0.25) is 5.02 Å². The lowest BCUT2D eigenvalue weighted by molar-refractivity contribution is 0.0953. The Balaban J connectivity index is 1.71. The second-order valence-corrected chi connectivity index (χ2v) is 8.18. The predicted octanol–water partition coefficient (Wildman–Crippen LogP) is 4.75. The van der Waals surface area contributed by atoms with Crippen LogP contribution in [0.25, 0.3) is 10.4 Å². The summed E-state index contributed by atoms with van der Waals surface area (Å²) in [7, 11) is 0. The maximum atomic E-state index is 12.4. The molecule has 1 aromatic heterocycles. The lowest BCUT2D eigenvalue weighted by Crippen LogP contribution is -2.34. The van der Waals surface area contributed by atoms with Crippen molar-refractivity contribution < 1.29 is 4.79 Å². The van der Waals surface area contributed by atoms with Gasteiger partial charge in [-0.25, -0.2) is 0 Å². The molecule has 3 nitrogen and oxygen atoms in total. The van der Waals surface area contributed by atoms with E-state index in [4.69, 9.17) is 11.6 Å². The molecule has 24 heavy (non-hydrogen) atoms. The van der Waals surface area contributed by atoms with Crippen LogP contribution in [0.15, 0.2) is 29.2 Å². The second-order valence-electron chi connectivity index (χ2n) is 5.68. The summed E-state index contributed by atoms with van der Waals surface area (Å²) >= 11 is 9.45. The molecule has 0 fully saturated rings. The van der Waals surface area contributed by atoms with Crippen LogP contribution in [0.1, 0.15) is 29.1 Å². The SMILES string of the molecule is CCN(CC)CCNC(=O)c1cc2c(s1)-c1ccc(Cl)cc1SC2. The van der Waals surface area contributed by atoms with Crippen molar-refractivity contribution in [3.8, 4) is 10.4 Å². The Labute approximate surface area is 156 Å². The van der Waals surface area contributed by atoms with E-state index in [-0.39, 0.29) is 5.91 Å². The minimum atomic E-state index is 0.0297. The highest BCUT2D eigenvalue weighted by Crippen LogP contribution is 2.46. The van der Waals surface area contributed by atoms with Gasteiger partial charge in [-0.2, -0.15) is 0 Å². The summed E-state index contributed by atoms with van der Waals surface area (Å²) in [6.45, 7) is 7.87. The number of carbonyl (C=O) groups is 1. The predicted molar refractivity (Wildman–Crippen MR) is 104 cm³/mol. The normalized spacial score (nSPS) is 12.8. The summed E-state index contributed by atoms with van der Waals surface area (Å²) in [4.78, 5) is 17.9. The highest BCUT2D eigenvalue weighted by molar-refractivity contribution is 7.98. The van der Waals surface area contributed by atoms with E-state index in [1.54, 1.807) is 23.1 Å². The van der Waals surface area contributed by atoms with Gasteiger partial charge >= 0.3 is 0 Å². The number of benzene rings is 1. The number of amides is 1. The molecule has 0 unspecified atom stereocenters. The molecule has 0 saturated heterocycles. The van der Waals surface area contributed by atoms with E-state index < -0.39 is 0 Å². The number of rotatable bonds is 6. The van der Waals surface area contributed by atoms with Crippen molar-refractivity contribution in [2.45, 2.75) is 24.5 Å². The van der Waals surface area contributed by atoms with E-state index in [1.165, 1.54) is 20.9 Å². The first kappa shape index (κ1) is 17.8. The van der Waals surface area contributed by atoms with Crippen molar-refractivity contribution in [1.82, 2.24) is 10.2 Å². The molecule has 1 N–H and O–H groups in total. The summed E-state index contributed by atoms with van der Waals surface area (Å²) < 4.78 is 0. The lowest BCUT2D eigenvalue weighted by Gasteiger charge is -2.17. The van der Waals surface area contributed by atoms with E-state index in [9.17, 15) is 4.79 Å². The summed E-state index contributed by atoms with van der Waals surface area (Å²) in [5, 5.41) is 3.80. The number of carbonyl (C=O) groups excluding carboxylic acids is 1. The van der Waals surface area contributed by atoms with Crippen molar-refractivity contribution in [2.24, 2.45) is 0 Å². The fraction of sp³-hybridized carbons (Fsp3) is 0.389. The van der Waals surface area contributed by atoms with Crippen molar-refractivity contribution in [1.29, 1.82) is 0 Å². The molecule has 2 aromatic rings. The number of halogens is 1. The van der Waals surface area contributed by atoms with Crippen LogP contribution in [-0.2, 0) is 5.75 Å². The van der Waals surface area contributed by atoms with Gasteiger partial charge in [-0.3, -0.25) is 4.79 Å². The van der Waals surface area contributed by atoms with Gasteiger partial charge in [0.15, 0.2) is 0 Å². The smallest absolute Gasteiger partial charge is 0.261 e. The van der Waals surface area contributed by atoms with Crippen LogP contribution in [0, 0.1) is 0 Å². The molecule has 2 heterocycles. The second kappa shape index (κ2) is 7.91. The van der Waals surface area contributed by atoms with Gasteiger partial charge < -0.3 is 10.2 Å². The third-order valence-electron chi connectivity index (χ3n) is 4.21. The van der Waals surface area contributed by atoms with E-state index in [0.29, 0.717) is 6.54 Å². The van der Waals surface area contributed by atoms with E-state index in [2.05, 4.69) is 30.1 Å². The number of hydrogen-bond acceptors (Lipinski definition) is 4. The number of nitrogens with one attached hydrogen (secondary N) is 1. The Bertz CT molecular complexity index is 741. The molecule has 1 aliphatic rings. The maximum Gasteiger partial charge on any atom is 0.261 e. The fourth-order valence-corrected chi connectivity index (χ4v) is 5.39. The van der Waals surface area contributed by atoms with Gasteiger partial charge in [-0.1, -0.05) is 31.5 Å². The number of likely N-dealkylation sites (N-methyl/N-ethyl adjacent to an activating group) is 1. The first-order valence-corrected chi connectivity index (χ1v) is 10.4. The van der Waals surface area contributed by atoms with Gasteiger partial charge in [-0.15, -0.1) is 23.1 Å². The lowest BCUT2D eigenvalue weighted by atomic mass is 10.1. The zero-order valence-electron chi connectivity index (χ0n) is 13.9. The molecule has 3 rings (SSSR count). The van der Waals surface area contributed by atoms with Gasteiger partial charge in [0.1, 0.15) is 0 Å². The van der Waals surface area contributed by atoms with Gasteiger partial charge in [-0.05, 0) is 36.9 Å². The molecule has 1 amide bonds. The monoisotopic (exact) mass is 380 g/mol. The van der Waals surface area contributed by atoms with Crippen LogP contribution < -0.4 is 5.32 Å². The zero-order chi connectivity index (χ0) is 17.1. The van der Waals surface area contributed by atoms with E-state index in [1.807, 2.05) is 18.2 Å². The maximum absolute atomic E-state index is 12.4. The Hall–Kier alpha value is -1.01. The third-order valence-corrected chi connectivity index (χ3v) is 6.76. The van der Waals surface area contributed by atoms with Crippen LogP contribution >= 0.6 is 34.7 Å². The minimum absolute atomic E-state index is 0.0297. The third kappa shape index (κ3) is 3.80. The summed E-state index contributed by atoms with van der Waals surface area (Å²) in [5.74, 6) is 0.924. The molecule has 0 aliphatic carbocycles. The van der Waals surface area contributed by atoms with Crippen LogP contribution in [0.4, 0.5) is 0 Å². The average Bonchev–Trinajstić information content (AvgIpc) is 3.03. The van der Waals surface area contributed by atoms with Gasteiger partial charge in [0.05, 0.1) is 4.88 Å². The molecule has 0 saturated carbocycles. The van der Waals surface area contributed by atoms with E-state index in [0.717, 1.165) is 35.3 Å². The highest BCUT2D eigenvalue weighted by Gasteiger charge is 2.22. The topological polar surface area (TPSA) is 32.3 Å². The number of fused-ring (bicyclic) bond motifs is 3. The van der Waals surface area contributed by atoms with Gasteiger partial charge in [0.2, 0.25) is 0 Å².